The number of unbranched alkanes of at least 4 members (excludes halogenated alkanes) is 1. The fraction of sp³-hybridized carbons (Fsp3) is 0.214. The lowest BCUT2D eigenvalue weighted by molar-refractivity contribution is 0.0953. The molecule has 3 aromatic carbocycles. The van der Waals surface area contributed by atoms with Crippen LogP contribution in [0.4, 0.5) is 5.69 Å². The molecule has 1 aromatic heterocycles. The molecule has 0 aliphatic carbocycles. The molecule has 1 amide bonds. The predicted molar refractivity (Wildman–Crippen MR) is 153 cm³/mol. The van der Waals surface area contributed by atoms with Gasteiger partial charge in [-0.3, -0.25) is 4.79 Å². The molecular formula is C28H28Cl2N4OS. The highest BCUT2D eigenvalue weighted by Gasteiger charge is 2.15. The van der Waals surface area contributed by atoms with Crippen molar-refractivity contribution in [2.75, 3.05) is 31.3 Å². The molecule has 4 aromatic rings. The van der Waals surface area contributed by atoms with Gasteiger partial charge in [-0.1, -0.05) is 77.4 Å². The summed E-state index contributed by atoms with van der Waals surface area (Å²) in [6, 6.07) is 23.6. The lowest BCUT2D eigenvalue weighted by Crippen LogP contribution is -2.24. The molecule has 0 aliphatic rings. The largest absolute Gasteiger partial charge is 0.378 e. The Kier molecular flexibility index (Phi) is 8.97. The van der Waals surface area contributed by atoms with Gasteiger partial charge in [-0.15, -0.1) is 0 Å². The minimum atomic E-state index is -0.187. The van der Waals surface area contributed by atoms with E-state index in [-0.39, 0.29) is 5.91 Å². The summed E-state index contributed by atoms with van der Waals surface area (Å²) in [5.41, 5.74) is 5.73. The fourth-order valence-corrected chi connectivity index (χ4v) is 5.09. The van der Waals surface area contributed by atoms with Crippen LogP contribution in [0.2, 0.25) is 10.0 Å². The standard InChI is InChI=1S/C28H28Cl2N4OS/c1-34(2)22-13-10-20(11-14-22)26-25(19-8-4-3-5-9-19)32-28(33-26)36-17-7-6-16-31-27(35)23-15-12-21(29)18-24(23)30/h3-5,8-15,18H,6-7,16-17H2,1-2H3,(H,31,35)(H,32,33). The van der Waals surface area contributed by atoms with Gasteiger partial charge in [0.2, 0.25) is 0 Å². The Balaban J connectivity index is 1.35. The Bertz CT molecular complexity index is 1310. The topological polar surface area (TPSA) is 61.0 Å². The monoisotopic (exact) mass is 538 g/mol. The number of aromatic nitrogens is 2. The summed E-state index contributed by atoms with van der Waals surface area (Å²) in [6.07, 6.45) is 1.79. The number of imidazole rings is 1. The maximum atomic E-state index is 12.3. The maximum absolute atomic E-state index is 12.3. The SMILES string of the molecule is CN(C)c1ccc(-c2[nH]c(SCCCCNC(=O)c3ccc(Cl)cc3Cl)nc2-c2ccccc2)cc1. The summed E-state index contributed by atoms with van der Waals surface area (Å²) >= 11 is 13.7. The van der Waals surface area contributed by atoms with Gasteiger partial charge in [-0.05, 0) is 43.2 Å². The van der Waals surface area contributed by atoms with E-state index < -0.39 is 0 Å². The van der Waals surface area contributed by atoms with Crippen LogP contribution in [0.15, 0.2) is 78.0 Å². The Morgan fingerprint density at radius 3 is 2.42 bits per heavy atom. The minimum absolute atomic E-state index is 0.187. The summed E-state index contributed by atoms with van der Waals surface area (Å²) in [4.78, 5) is 22.9. The van der Waals surface area contributed by atoms with E-state index in [9.17, 15) is 4.79 Å². The molecule has 0 fully saturated rings. The van der Waals surface area contributed by atoms with Gasteiger partial charge in [-0.25, -0.2) is 4.98 Å². The third kappa shape index (κ3) is 6.64. The summed E-state index contributed by atoms with van der Waals surface area (Å²) < 4.78 is 0. The van der Waals surface area contributed by atoms with Gasteiger partial charge < -0.3 is 15.2 Å². The number of carbonyl (C=O) groups is 1. The Morgan fingerprint density at radius 1 is 0.972 bits per heavy atom. The lowest BCUT2D eigenvalue weighted by Gasteiger charge is -2.12. The van der Waals surface area contributed by atoms with Gasteiger partial charge in [-0.2, -0.15) is 0 Å². The Hall–Kier alpha value is -2.93. The van der Waals surface area contributed by atoms with Crippen LogP contribution in [0.5, 0.6) is 0 Å². The van der Waals surface area contributed by atoms with E-state index in [4.69, 9.17) is 28.2 Å². The molecule has 186 valence electrons. The second-order valence-electron chi connectivity index (χ2n) is 8.51. The molecular weight excluding hydrogens is 511 g/mol. The van der Waals surface area contributed by atoms with E-state index in [0.29, 0.717) is 22.2 Å². The number of thioether (sulfide) groups is 1. The summed E-state index contributed by atoms with van der Waals surface area (Å²) in [5, 5.41) is 4.68. The number of anilines is 1. The van der Waals surface area contributed by atoms with Crippen molar-refractivity contribution in [3.8, 4) is 22.5 Å². The lowest BCUT2D eigenvalue weighted by atomic mass is 10.0. The zero-order chi connectivity index (χ0) is 25.5. The van der Waals surface area contributed by atoms with Crippen molar-refractivity contribution in [3.63, 3.8) is 0 Å². The van der Waals surface area contributed by atoms with Gasteiger partial charge in [0, 0.05) is 48.2 Å². The first kappa shape index (κ1) is 26.1. The molecule has 0 radical (unpaired) electrons. The van der Waals surface area contributed by atoms with Gasteiger partial charge >= 0.3 is 0 Å². The van der Waals surface area contributed by atoms with Crippen LogP contribution in [0.25, 0.3) is 22.5 Å². The second kappa shape index (κ2) is 12.3. The average Bonchev–Trinajstić information content (AvgIpc) is 3.31. The number of hydrogen-bond donors (Lipinski definition) is 2. The van der Waals surface area contributed by atoms with Crippen molar-refractivity contribution in [1.82, 2.24) is 15.3 Å². The van der Waals surface area contributed by atoms with Gasteiger partial charge in [0.05, 0.1) is 22.0 Å². The minimum Gasteiger partial charge on any atom is -0.378 e. The highest BCUT2D eigenvalue weighted by molar-refractivity contribution is 7.99. The Morgan fingerprint density at radius 2 is 1.72 bits per heavy atom. The quantitative estimate of drug-likeness (QED) is 0.163. The van der Waals surface area contributed by atoms with E-state index in [1.165, 1.54) is 0 Å². The highest BCUT2D eigenvalue weighted by atomic mass is 35.5. The molecule has 4 rings (SSSR count). The number of carbonyl (C=O) groups excluding carboxylic acids is 1. The average molecular weight is 540 g/mol. The van der Waals surface area contributed by atoms with Crippen molar-refractivity contribution in [3.05, 3.63) is 88.4 Å². The van der Waals surface area contributed by atoms with E-state index in [1.54, 1.807) is 30.0 Å². The molecule has 0 saturated heterocycles. The third-order valence-corrected chi connectivity index (χ3v) is 7.18. The molecule has 36 heavy (non-hydrogen) atoms. The van der Waals surface area contributed by atoms with Crippen molar-refractivity contribution in [2.24, 2.45) is 0 Å². The molecule has 5 nitrogen and oxygen atoms in total. The van der Waals surface area contributed by atoms with Crippen LogP contribution in [0.1, 0.15) is 23.2 Å². The van der Waals surface area contributed by atoms with Crippen molar-refractivity contribution < 1.29 is 4.79 Å². The van der Waals surface area contributed by atoms with E-state index in [2.05, 4.69) is 51.6 Å². The zero-order valence-electron chi connectivity index (χ0n) is 20.2. The highest BCUT2D eigenvalue weighted by Crippen LogP contribution is 2.33. The molecule has 2 N–H and O–H groups in total. The van der Waals surface area contributed by atoms with Crippen molar-refractivity contribution in [2.45, 2.75) is 18.0 Å². The number of halogens is 2. The van der Waals surface area contributed by atoms with Crippen LogP contribution in [0, 0.1) is 0 Å². The number of aromatic amines is 1. The number of rotatable bonds is 10. The first-order valence-corrected chi connectivity index (χ1v) is 13.5. The van der Waals surface area contributed by atoms with E-state index in [0.717, 1.165) is 52.0 Å². The molecule has 0 bridgehead atoms. The Labute approximate surface area is 226 Å². The molecule has 0 unspecified atom stereocenters. The number of nitrogens with zero attached hydrogens (tertiary/aromatic N) is 2. The van der Waals surface area contributed by atoms with Gasteiger partial charge in [0.15, 0.2) is 5.16 Å². The number of benzene rings is 3. The van der Waals surface area contributed by atoms with Crippen LogP contribution >= 0.6 is 35.0 Å². The maximum Gasteiger partial charge on any atom is 0.252 e. The second-order valence-corrected chi connectivity index (χ2v) is 10.4. The smallest absolute Gasteiger partial charge is 0.252 e. The van der Waals surface area contributed by atoms with Crippen LogP contribution in [-0.2, 0) is 0 Å². The first-order valence-electron chi connectivity index (χ1n) is 11.7. The summed E-state index contributed by atoms with van der Waals surface area (Å²) in [5.74, 6) is 0.700. The van der Waals surface area contributed by atoms with Gasteiger partial charge in [0.1, 0.15) is 0 Å². The summed E-state index contributed by atoms with van der Waals surface area (Å²) in [7, 11) is 4.07. The fourth-order valence-electron chi connectivity index (χ4n) is 3.73. The number of amides is 1. The first-order chi connectivity index (χ1) is 17.4. The van der Waals surface area contributed by atoms with Gasteiger partial charge in [0.25, 0.3) is 5.91 Å². The van der Waals surface area contributed by atoms with Crippen LogP contribution < -0.4 is 10.2 Å². The molecule has 8 heteroatoms. The number of H-pyrrole nitrogens is 1. The van der Waals surface area contributed by atoms with Crippen molar-refractivity contribution >= 4 is 46.6 Å². The van der Waals surface area contributed by atoms with E-state index >= 15 is 0 Å². The third-order valence-electron chi connectivity index (χ3n) is 5.67. The number of hydrogen-bond acceptors (Lipinski definition) is 4. The molecule has 0 aliphatic heterocycles. The molecule has 0 saturated carbocycles. The normalized spacial score (nSPS) is 10.9. The molecule has 0 atom stereocenters. The predicted octanol–water partition coefficient (Wildman–Crippen LogP) is 7.42. The molecule has 1 heterocycles. The van der Waals surface area contributed by atoms with Crippen molar-refractivity contribution in [1.29, 1.82) is 0 Å². The van der Waals surface area contributed by atoms with Crippen LogP contribution in [0.3, 0.4) is 0 Å². The zero-order valence-corrected chi connectivity index (χ0v) is 22.6. The van der Waals surface area contributed by atoms with E-state index in [1.807, 2.05) is 32.3 Å². The number of nitrogens with one attached hydrogen (secondary N) is 2. The van der Waals surface area contributed by atoms with Crippen LogP contribution in [-0.4, -0.2) is 42.3 Å². The summed E-state index contributed by atoms with van der Waals surface area (Å²) in [6.45, 7) is 0.579. The molecule has 0 spiro atoms.